The zero-order valence-electron chi connectivity index (χ0n) is 9.71. The molecule has 0 aliphatic rings. The molecular weight excluding hydrogens is 353 g/mol. The predicted molar refractivity (Wildman–Crippen MR) is 84.0 cm³/mol. The molecule has 18 heavy (non-hydrogen) atoms. The maximum Gasteiger partial charge on any atom is 0.0931 e. The molecule has 1 heterocycles. The summed E-state index contributed by atoms with van der Waals surface area (Å²) < 4.78 is 1.85. The molecule has 0 saturated heterocycles. The van der Waals surface area contributed by atoms with Crippen molar-refractivity contribution in [1.82, 2.24) is 5.32 Å². The van der Waals surface area contributed by atoms with Gasteiger partial charge in [0, 0.05) is 26.8 Å². The fraction of sp³-hybridized carbons (Fsp3) is 0.231. The van der Waals surface area contributed by atoms with Crippen LogP contribution in [-0.2, 0) is 6.42 Å². The molecule has 2 aromatic rings. The van der Waals surface area contributed by atoms with Crippen LogP contribution in [0.3, 0.4) is 0 Å². The van der Waals surface area contributed by atoms with Gasteiger partial charge in [-0.05, 0) is 36.9 Å². The molecule has 1 unspecified atom stereocenters. The van der Waals surface area contributed by atoms with Crippen LogP contribution in [0.4, 0.5) is 0 Å². The van der Waals surface area contributed by atoms with Gasteiger partial charge in [0.05, 0.1) is 4.34 Å². The van der Waals surface area contributed by atoms with Crippen molar-refractivity contribution in [2.75, 3.05) is 7.05 Å². The van der Waals surface area contributed by atoms with Crippen molar-refractivity contribution in [3.8, 4) is 0 Å². The number of rotatable bonds is 4. The van der Waals surface area contributed by atoms with E-state index in [1.165, 1.54) is 10.4 Å². The third-order valence-corrected chi connectivity index (χ3v) is 4.90. The maximum absolute atomic E-state index is 5.96. The molecule has 96 valence electrons. The number of benzene rings is 1. The van der Waals surface area contributed by atoms with E-state index in [0.29, 0.717) is 0 Å². The minimum atomic E-state index is 0.242. The van der Waals surface area contributed by atoms with Crippen molar-refractivity contribution < 1.29 is 0 Å². The highest BCUT2D eigenvalue weighted by molar-refractivity contribution is 9.10. The van der Waals surface area contributed by atoms with E-state index in [2.05, 4.69) is 27.3 Å². The van der Waals surface area contributed by atoms with E-state index in [1.807, 2.05) is 31.3 Å². The largest absolute Gasteiger partial charge is 0.313 e. The van der Waals surface area contributed by atoms with E-state index in [1.54, 1.807) is 11.3 Å². The lowest BCUT2D eigenvalue weighted by atomic mass is 10.0. The van der Waals surface area contributed by atoms with Crippen LogP contribution in [-0.4, -0.2) is 7.05 Å². The molecular formula is C13H12BrCl2NS. The fourth-order valence-electron chi connectivity index (χ4n) is 1.81. The number of nitrogens with one attached hydrogen (secondary N) is 1. The number of likely N-dealkylation sites (N-methyl/N-ethyl adjacent to an activating group) is 1. The molecule has 0 aliphatic heterocycles. The number of hydrogen-bond acceptors (Lipinski definition) is 2. The van der Waals surface area contributed by atoms with Crippen LogP contribution in [0.1, 0.15) is 16.5 Å². The average molecular weight is 365 g/mol. The average Bonchev–Trinajstić information content (AvgIpc) is 2.72. The first-order valence-corrected chi connectivity index (χ1v) is 7.83. The quantitative estimate of drug-likeness (QED) is 0.773. The molecule has 0 radical (unpaired) electrons. The Morgan fingerprint density at radius 2 is 2.06 bits per heavy atom. The van der Waals surface area contributed by atoms with Crippen molar-refractivity contribution in [2.24, 2.45) is 0 Å². The van der Waals surface area contributed by atoms with Crippen LogP contribution in [0.25, 0.3) is 0 Å². The Hall–Kier alpha value is -0.0600. The molecule has 2 rings (SSSR count). The summed E-state index contributed by atoms with van der Waals surface area (Å²) in [6, 6.07) is 10.1. The van der Waals surface area contributed by atoms with E-state index in [9.17, 15) is 0 Å². The first-order valence-electron chi connectivity index (χ1n) is 5.46. The number of thiophene rings is 1. The summed E-state index contributed by atoms with van der Waals surface area (Å²) in [5, 5.41) is 4.06. The second-order valence-electron chi connectivity index (χ2n) is 3.92. The van der Waals surface area contributed by atoms with Gasteiger partial charge in [-0.15, -0.1) is 11.3 Å². The van der Waals surface area contributed by atoms with E-state index in [-0.39, 0.29) is 6.04 Å². The van der Waals surface area contributed by atoms with E-state index >= 15 is 0 Å². The highest BCUT2D eigenvalue weighted by Crippen LogP contribution is 2.31. The minimum Gasteiger partial charge on any atom is -0.313 e. The van der Waals surface area contributed by atoms with Gasteiger partial charge in [-0.3, -0.25) is 0 Å². The Morgan fingerprint density at radius 1 is 1.28 bits per heavy atom. The van der Waals surface area contributed by atoms with Crippen LogP contribution in [0.15, 0.2) is 34.8 Å². The minimum absolute atomic E-state index is 0.242. The highest BCUT2D eigenvalue weighted by Gasteiger charge is 2.14. The lowest BCUT2D eigenvalue weighted by Gasteiger charge is -2.17. The van der Waals surface area contributed by atoms with Gasteiger partial charge in [-0.25, -0.2) is 0 Å². The Kier molecular flexibility index (Phi) is 5.10. The Morgan fingerprint density at radius 3 is 2.61 bits per heavy atom. The molecule has 0 saturated carbocycles. The van der Waals surface area contributed by atoms with Gasteiger partial charge >= 0.3 is 0 Å². The highest BCUT2D eigenvalue weighted by atomic mass is 79.9. The molecule has 1 nitrogen and oxygen atoms in total. The molecule has 1 aromatic heterocycles. The Balaban J connectivity index is 2.22. The maximum atomic E-state index is 5.96. The van der Waals surface area contributed by atoms with E-state index < -0.39 is 0 Å². The fourth-order valence-corrected chi connectivity index (χ4v) is 3.91. The van der Waals surface area contributed by atoms with Crippen molar-refractivity contribution in [3.63, 3.8) is 0 Å². The second-order valence-corrected chi connectivity index (χ2v) is 7.01. The molecule has 1 aromatic carbocycles. The molecule has 0 fully saturated rings. The zero-order valence-corrected chi connectivity index (χ0v) is 13.6. The monoisotopic (exact) mass is 363 g/mol. The summed E-state index contributed by atoms with van der Waals surface area (Å²) in [6.45, 7) is 0. The third-order valence-electron chi connectivity index (χ3n) is 2.72. The predicted octanol–water partition coefficient (Wildman–Crippen LogP) is 5.32. The van der Waals surface area contributed by atoms with Gasteiger partial charge in [0.25, 0.3) is 0 Å². The number of hydrogen-bond donors (Lipinski definition) is 1. The van der Waals surface area contributed by atoms with Gasteiger partial charge in [0.1, 0.15) is 0 Å². The smallest absolute Gasteiger partial charge is 0.0931 e. The second kappa shape index (κ2) is 6.40. The Bertz CT molecular complexity index is 542. The van der Waals surface area contributed by atoms with Crippen LogP contribution in [0, 0.1) is 0 Å². The van der Waals surface area contributed by atoms with Crippen molar-refractivity contribution in [1.29, 1.82) is 0 Å². The summed E-state index contributed by atoms with van der Waals surface area (Å²) in [5.41, 5.74) is 1.20. The lowest BCUT2D eigenvalue weighted by Crippen LogP contribution is -2.18. The van der Waals surface area contributed by atoms with Crippen LogP contribution >= 0.6 is 50.5 Å². The van der Waals surface area contributed by atoms with Crippen LogP contribution < -0.4 is 5.32 Å². The zero-order chi connectivity index (χ0) is 13.1. The first kappa shape index (κ1) is 14.4. The summed E-state index contributed by atoms with van der Waals surface area (Å²) >= 11 is 17.1. The Labute approximate surface area is 129 Å². The molecule has 0 amide bonds. The molecule has 5 heteroatoms. The summed E-state index contributed by atoms with van der Waals surface area (Å²) in [6.07, 6.45) is 0.911. The van der Waals surface area contributed by atoms with Gasteiger partial charge < -0.3 is 5.32 Å². The lowest BCUT2D eigenvalue weighted by molar-refractivity contribution is 0.594. The molecule has 1 N–H and O–H groups in total. The first-order chi connectivity index (χ1) is 8.60. The van der Waals surface area contributed by atoms with Crippen LogP contribution in [0.2, 0.25) is 9.36 Å². The standard InChI is InChI=1S/C13H12BrCl2NS/c1-17-12(7-9-3-5-13(16)18-9)10-4-2-8(15)6-11(10)14/h2-6,12,17H,7H2,1H3. The molecule has 0 aliphatic carbocycles. The van der Waals surface area contributed by atoms with Crippen molar-refractivity contribution in [2.45, 2.75) is 12.5 Å². The summed E-state index contributed by atoms with van der Waals surface area (Å²) in [5.74, 6) is 0. The van der Waals surface area contributed by atoms with Gasteiger partial charge in [-0.2, -0.15) is 0 Å². The van der Waals surface area contributed by atoms with Gasteiger partial charge in [-0.1, -0.05) is 45.2 Å². The normalized spacial score (nSPS) is 12.7. The third kappa shape index (κ3) is 3.49. The SMILES string of the molecule is CNC(Cc1ccc(Cl)s1)c1ccc(Cl)cc1Br. The van der Waals surface area contributed by atoms with Gasteiger partial charge in [0.15, 0.2) is 0 Å². The van der Waals surface area contributed by atoms with Crippen molar-refractivity contribution >= 4 is 50.5 Å². The summed E-state index contributed by atoms with van der Waals surface area (Å²) in [4.78, 5) is 1.27. The topological polar surface area (TPSA) is 12.0 Å². The van der Waals surface area contributed by atoms with Gasteiger partial charge in [0.2, 0.25) is 0 Å². The molecule has 0 bridgehead atoms. The van der Waals surface area contributed by atoms with Crippen LogP contribution in [0.5, 0.6) is 0 Å². The van der Waals surface area contributed by atoms with Crippen molar-refractivity contribution in [3.05, 3.63) is 54.6 Å². The molecule has 1 atom stereocenters. The van der Waals surface area contributed by atoms with E-state index in [4.69, 9.17) is 23.2 Å². The van der Waals surface area contributed by atoms with E-state index in [0.717, 1.165) is 20.3 Å². The summed E-state index contributed by atoms with van der Waals surface area (Å²) in [7, 11) is 1.96. The number of halogens is 3. The molecule has 0 spiro atoms.